The number of nitrogens with zero attached hydrogens (tertiary/aromatic N) is 1. The van der Waals surface area contributed by atoms with Gasteiger partial charge in [-0.25, -0.2) is 0 Å². The summed E-state index contributed by atoms with van der Waals surface area (Å²) in [5.41, 5.74) is 1.45. The molecule has 1 saturated heterocycles. The fraction of sp³-hybridized carbons (Fsp3) is 0.760. The van der Waals surface area contributed by atoms with Gasteiger partial charge in [-0.1, -0.05) is 57.5 Å². The third-order valence-corrected chi connectivity index (χ3v) is 7.01. The van der Waals surface area contributed by atoms with Gasteiger partial charge in [0.25, 0.3) is 0 Å². The van der Waals surface area contributed by atoms with Crippen LogP contribution in [-0.4, -0.2) is 48.5 Å². The first-order chi connectivity index (χ1) is 13.5. The summed E-state index contributed by atoms with van der Waals surface area (Å²) in [5.74, 6) is 2.85. The van der Waals surface area contributed by atoms with Gasteiger partial charge in [0.2, 0.25) is 0 Å². The fourth-order valence-electron chi connectivity index (χ4n) is 5.21. The smallest absolute Gasteiger partial charge is 0.0900 e. The zero-order chi connectivity index (χ0) is 19.9. The molecule has 3 rings (SSSR count). The molecule has 1 aliphatic carbocycles. The topological polar surface area (TPSA) is 32.7 Å². The predicted octanol–water partition coefficient (Wildman–Crippen LogP) is 4.78. The van der Waals surface area contributed by atoms with Crippen molar-refractivity contribution in [2.45, 2.75) is 71.5 Å². The van der Waals surface area contributed by atoms with Crippen LogP contribution in [0.1, 0.15) is 58.4 Å². The molecule has 158 valence electrons. The number of hydrogen-bond donors (Lipinski definition) is 1. The van der Waals surface area contributed by atoms with E-state index in [1.54, 1.807) is 0 Å². The maximum absolute atomic E-state index is 10.6. The molecule has 1 aromatic carbocycles. The van der Waals surface area contributed by atoms with Crippen molar-refractivity contribution in [3.05, 3.63) is 35.9 Å². The summed E-state index contributed by atoms with van der Waals surface area (Å²) in [6, 6.07) is 10.8. The van der Waals surface area contributed by atoms with Crippen LogP contribution in [0, 0.1) is 23.7 Å². The zero-order valence-electron chi connectivity index (χ0n) is 18.2. The predicted molar refractivity (Wildman–Crippen MR) is 116 cm³/mol. The molecule has 0 bridgehead atoms. The average molecular weight is 388 g/mol. The lowest BCUT2D eigenvalue weighted by atomic mass is 9.75. The van der Waals surface area contributed by atoms with Crippen molar-refractivity contribution >= 4 is 0 Å². The van der Waals surface area contributed by atoms with Crippen molar-refractivity contribution < 1.29 is 9.84 Å². The van der Waals surface area contributed by atoms with E-state index in [-0.39, 0.29) is 6.10 Å². The number of likely N-dealkylation sites (tertiary alicyclic amines) is 1. The van der Waals surface area contributed by atoms with Gasteiger partial charge in [0.15, 0.2) is 0 Å². The zero-order valence-corrected chi connectivity index (χ0v) is 18.2. The molecule has 2 aliphatic rings. The molecule has 0 aromatic heterocycles. The van der Waals surface area contributed by atoms with Crippen molar-refractivity contribution in [2.75, 3.05) is 26.2 Å². The molecule has 0 amide bonds. The molecule has 3 nitrogen and oxygen atoms in total. The first-order valence-corrected chi connectivity index (χ1v) is 11.6. The van der Waals surface area contributed by atoms with E-state index in [0.29, 0.717) is 24.5 Å². The second-order valence-corrected chi connectivity index (χ2v) is 9.79. The molecule has 0 radical (unpaired) electrons. The Bertz CT molecular complexity index is 553. The minimum absolute atomic E-state index is 0.329. The van der Waals surface area contributed by atoms with Gasteiger partial charge in [0.05, 0.1) is 18.8 Å². The number of piperidine rings is 1. The van der Waals surface area contributed by atoms with Crippen molar-refractivity contribution in [3.63, 3.8) is 0 Å². The summed E-state index contributed by atoms with van der Waals surface area (Å²) >= 11 is 0. The molecular weight excluding hydrogens is 346 g/mol. The van der Waals surface area contributed by atoms with E-state index in [1.165, 1.54) is 37.7 Å². The average Bonchev–Trinajstić information content (AvgIpc) is 2.68. The van der Waals surface area contributed by atoms with Gasteiger partial charge >= 0.3 is 0 Å². The van der Waals surface area contributed by atoms with Crippen LogP contribution in [0.3, 0.4) is 0 Å². The summed E-state index contributed by atoms with van der Waals surface area (Å²) in [4.78, 5) is 2.43. The molecule has 1 aromatic rings. The van der Waals surface area contributed by atoms with Gasteiger partial charge < -0.3 is 14.7 Å². The SMILES string of the molecule is CC(C)[C@H]1CC[C@@H](C)C[C@H]1OC[C@H](O)CN1CCC(Cc2ccccc2)CC1. The molecule has 2 fully saturated rings. The van der Waals surface area contributed by atoms with Crippen molar-refractivity contribution in [1.82, 2.24) is 4.90 Å². The lowest BCUT2D eigenvalue weighted by molar-refractivity contribution is -0.0749. The maximum atomic E-state index is 10.6. The highest BCUT2D eigenvalue weighted by atomic mass is 16.5. The summed E-state index contributed by atoms with van der Waals surface area (Å²) in [7, 11) is 0. The van der Waals surface area contributed by atoms with Crippen LogP contribution in [0.2, 0.25) is 0 Å². The van der Waals surface area contributed by atoms with Crippen molar-refractivity contribution in [1.29, 1.82) is 0 Å². The number of aliphatic hydroxyl groups excluding tert-OH is 1. The summed E-state index contributed by atoms with van der Waals surface area (Å²) in [6.07, 6.45) is 7.37. The van der Waals surface area contributed by atoms with Crippen LogP contribution < -0.4 is 0 Å². The Labute approximate surface area is 172 Å². The van der Waals surface area contributed by atoms with Gasteiger partial charge in [-0.2, -0.15) is 0 Å². The molecule has 28 heavy (non-hydrogen) atoms. The summed E-state index contributed by atoms with van der Waals surface area (Å²) < 4.78 is 6.25. The second-order valence-electron chi connectivity index (χ2n) is 9.79. The highest BCUT2D eigenvalue weighted by Gasteiger charge is 2.32. The van der Waals surface area contributed by atoms with Crippen LogP contribution in [0.15, 0.2) is 30.3 Å². The number of ether oxygens (including phenoxy) is 1. The summed E-state index contributed by atoms with van der Waals surface area (Å²) in [6.45, 7) is 10.4. The third-order valence-electron chi connectivity index (χ3n) is 7.01. The van der Waals surface area contributed by atoms with Gasteiger partial charge in [-0.3, -0.25) is 0 Å². The van der Waals surface area contributed by atoms with Crippen molar-refractivity contribution in [2.24, 2.45) is 23.7 Å². The highest BCUT2D eigenvalue weighted by molar-refractivity contribution is 5.15. The molecule has 4 atom stereocenters. The van der Waals surface area contributed by atoms with Gasteiger partial charge in [-0.15, -0.1) is 0 Å². The van der Waals surface area contributed by atoms with Crippen LogP contribution in [0.4, 0.5) is 0 Å². The second kappa shape index (κ2) is 10.8. The largest absolute Gasteiger partial charge is 0.389 e. The molecule has 0 unspecified atom stereocenters. The third kappa shape index (κ3) is 6.57. The van der Waals surface area contributed by atoms with Crippen LogP contribution >= 0.6 is 0 Å². The Hall–Kier alpha value is -0.900. The van der Waals surface area contributed by atoms with Crippen molar-refractivity contribution in [3.8, 4) is 0 Å². The van der Waals surface area contributed by atoms with Gasteiger partial charge in [0.1, 0.15) is 0 Å². The monoisotopic (exact) mass is 387 g/mol. The van der Waals surface area contributed by atoms with E-state index in [9.17, 15) is 5.11 Å². The Morgan fingerprint density at radius 3 is 2.46 bits per heavy atom. The first-order valence-electron chi connectivity index (χ1n) is 11.6. The lowest BCUT2D eigenvalue weighted by Gasteiger charge is -2.38. The Kier molecular flexibility index (Phi) is 8.37. The quantitative estimate of drug-likeness (QED) is 0.697. The Morgan fingerprint density at radius 1 is 1.07 bits per heavy atom. The van der Waals surface area contributed by atoms with Crippen LogP contribution in [0.5, 0.6) is 0 Å². The molecule has 1 saturated carbocycles. The van der Waals surface area contributed by atoms with E-state index in [4.69, 9.17) is 4.74 Å². The Morgan fingerprint density at radius 2 is 1.79 bits per heavy atom. The standard InChI is InChI=1S/C25H41NO2/c1-19(2)24-10-9-20(3)15-25(24)28-18-23(27)17-26-13-11-22(12-14-26)16-21-7-5-4-6-8-21/h4-8,19-20,22-25,27H,9-18H2,1-3H3/t20-,23-,24-,25-/m1/s1. The maximum Gasteiger partial charge on any atom is 0.0900 e. The molecular formula is C25H41NO2. The van der Waals surface area contributed by atoms with Gasteiger partial charge in [0, 0.05) is 6.54 Å². The molecule has 1 N–H and O–H groups in total. The lowest BCUT2D eigenvalue weighted by Crippen LogP contribution is -2.42. The number of β-amino-alcohol motifs (C(OH)–C–C–N with tert-alkyl or cyclic N) is 1. The van der Waals surface area contributed by atoms with Crippen LogP contribution in [-0.2, 0) is 11.2 Å². The highest BCUT2D eigenvalue weighted by Crippen LogP contribution is 2.35. The number of rotatable bonds is 8. The minimum atomic E-state index is -0.365. The molecule has 0 spiro atoms. The van der Waals surface area contributed by atoms with E-state index < -0.39 is 0 Å². The van der Waals surface area contributed by atoms with Crippen LogP contribution in [0.25, 0.3) is 0 Å². The molecule has 3 heteroatoms. The normalized spacial score (nSPS) is 28.5. The number of aliphatic hydroxyl groups is 1. The minimum Gasteiger partial charge on any atom is -0.389 e. The van der Waals surface area contributed by atoms with E-state index in [1.807, 2.05) is 0 Å². The van der Waals surface area contributed by atoms with Gasteiger partial charge in [-0.05, 0) is 74.4 Å². The fourth-order valence-corrected chi connectivity index (χ4v) is 5.21. The summed E-state index contributed by atoms with van der Waals surface area (Å²) in [5, 5.41) is 10.6. The first kappa shape index (κ1) is 21.8. The number of hydrogen-bond acceptors (Lipinski definition) is 3. The Balaban J connectivity index is 1.36. The van der Waals surface area contributed by atoms with E-state index >= 15 is 0 Å². The molecule has 1 heterocycles. The van der Waals surface area contributed by atoms with E-state index in [2.05, 4.69) is 56.0 Å². The number of benzene rings is 1. The molecule has 1 aliphatic heterocycles. The van der Waals surface area contributed by atoms with E-state index in [0.717, 1.165) is 37.9 Å².